The van der Waals surface area contributed by atoms with Crippen molar-refractivity contribution in [3.05, 3.63) is 65.5 Å². The lowest BCUT2D eigenvalue weighted by Crippen LogP contribution is -2.26. The summed E-state index contributed by atoms with van der Waals surface area (Å²) in [6, 6.07) is 13.5. The van der Waals surface area contributed by atoms with Crippen LogP contribution in [0.1, 0.15) is 30.5 Å². The van der Waals surface area contributed by atoms with Crippen LogP contribution in [0.3, 0.4) is 0 Å². The number of nitrogens with one attached hydrogen (secondary N) is 1. The van der Waals surface area contributed by atoms with Crippen molar-refractivity contribution >= 4 is 11.6 Å². The van der Waals surface area contributed by atoms with Crippen LogP contribution in [0.15, 0.2) is 48.5 Å². The van der Waals surface area contributed by atoms with Crippen LogP contribution < -0.4 is 11.1 Å². The molecule has 0 spiro atoms. The molecule has 3 nitrogen and oxygen atoms in total. The molecule has 0 aromatic heterocycles. The van der Waals surface area contributed by atoms with Crippen LogP contribution in [-0.2, 0) is 11.2 Å². The molecule has 0 aliphatic carbocycles. The number of amides is 1. The summed E-state index contributed by atoms with van der Waals surface area (Å²) in [5.41, 5.74) is 8.33. The first-order valence-corrected chi connectivity index (χ1v) is 6.94. The number of carbonyl (C=O) groups excluding carboxylic acids is 1. The molecule has 4 heteroatoms. The quantitative estimate of drug-likeness (QED) is 0.829. The zero-order valence-electron chi connectivity index (χ0n) is 12.0. The molecule has 2 rings (SSSR count). The summed E-state index contributed by atoms with van der Waals surface area (Å²) in [6.45, 7) is 1.88. The van der Waals surface area contributed by atoms with Crippen molar-refractivity contribution in [1.82, 2.24) is 5.32 Å². The van der Waals surface area contributed by atoms with Crippen LogP contribution in [-0.4, -0.2) is 5.91 Å². The summed E-state index contributed by atoms with van der Waals surface area (Å²) >= 11 is 0. The molecule has 0 unspecified atom stereocenters. The number of halogens is 1. The Kier molecular flexibility index (Phi) is 4.93. The topological polar surface area (TPSA) is 55.1 Å². The van der Waals surface area contributed by atoms with Crippen molar-refractivity contribution < 1.29 is 9.18 Å². The molecule has 2 aromatic carbocycles. The highest BCUT2D eigenvalue weighted by Gasteiger charge is 2.09. The fourth-order valence-electron chi connectivity index (χ4n) is 2.15. The Balaban J connectivity index is 1.85. The van der Waals surface area contributed by atoms with Crippen LogP contribution in [0.5, 0.6) is 0 Å². The largest absolute Gasteiger partial charge is 0.399 e. The highest BCUT2D eigenvalue weighted by atomic mass is 19.1. The van der Waals surface area contributed by atoms with Gasteiger partial charge in [-0.25, -0.2) is 4.39 Å². The van der Waals surface area contributed by atoms with Gasteiger partial charge < -0.3 is 11.1 Å². The zero-order chi connectivity index (χ0) is 15.2. The number of nitrogens with two attached hydrogens (primary N) is 1. The lowest BCUT2D eigenvalue weighted by Gasteiger charge is -2.14. The maximum atomic E-state index is 12.9. The molecule has 0 aliphatic heterocycles. The second kappa shape index (κ2) is 6.88. The molecule has 2 aromatic rings. The first-order valence-electron chi connectivity index (χ1n) is 6.94. The maximum Gasteiger partial charge on any atom is 0.220 e. The van der Waals surface area contributed by atoms with Gasteiger partial charge in [0.2, 0.25) is 5.91 Å². The summed E-state index contributed by atoms with van der Waals surface area (Å²) in [6.07, 6.45) is 1.04. The monoisotopic (exact) mass is 286 g/mol. The predicted octanol–water partition coefficient (Wildman–Crippen LogP) is 3.22. The van der Waals surface area contributed by atoms with E-state index in [1.165, 1.54) is 12.1 Å². The van der Waals surface area contributed by atoms with E-state index >= 15 is 0 Å². The Morgan fingerprint density at radius 1 is 1.24 bits per heavy atom. The third kappa shape index (κ3) is 4.60. The minimum atomic E-state index is -0.279. The first kappa shape index (κ1) is 15.0. The van der Waals surface area contributed by atoms with Crippen molar-refractivity contribution in [2.45, 2.75) is 25.8 Å². The smallest absolute Gasteiger partial charge is 0.220 e. The third-order valence-electron chi connectivity index (χ3n) is 3.34. The molecule has 0 bridgehead atoms. The van der Waals surface area contributed by atoms with Crippen LogP contribution in [0, 0.1) is 5.82 Å². The molecule has 0 heterocycles. The van der Waals surface area contributed by atoms with E-state index in [0.29, 0.717) is 18.5 Å². The van der Waals surface area contributed by atoms with Gasteiger partial charge in [-0.2, -0.15) is 0 Å². The minimum Gasteiger partial charge on any atom is -0.399 e. The molecular weight excluding hydrogens is 267 g/mol. The number of carbonyl (C=O) groups is 1. The van der Waals surface area contributed by atoms with E-state index in [9.17, 15) is 9.18 Å². The molecule has 0 saturated carbocycles. The van der Waals surface area contributed by atoms with Gasteiger partial charge in [0.05, 0.1) is 6.04 Å². The fraction of sp³-hybridized carbons (Fsp3) is 0.235. The summed E-state index contributed by atoms with van der Waals surface area (Å²) in [4.78, 5) is 11.9. The number of rotatable bonds is 5. The zero-order valence-corrected chi connectivity index (χ0v) is 12.0. The van der Waals surface area contributed by atoms with Gasteiger partial charge in [-0.15, -0.1) is 0 Å². The maximum absolute atomic E-state index is 12.9. The van der Waals surface area contributed by atoms with E-state index in [1.807, 2.05) is 31.2 Å². The summed E-state index contributed by atoms with van der Waals surface area (Å²) in [5.74, 6) is -0.312. The molecule has 0 fully saturated rings. The predicted molar refractivity (Wildman–Crippen MR) is 82.1 cm³/mol. The van der Waals surface area contributed by atoms with E-state index in [4.69, 9.17) is 5.73 Å². The SMILES string of the molecule is C[C@@H](NC(=O)CCc1cccc(N)c1)c1ccc(F)cc1. The number of nitrogen functional groups attached to an aromatic ring is 1. The minimum absolute atomic E-state index is 0.0331. The summed E-state index contributed by atoms with van der Waals surface area (Å²) < 4.78 is 12.9. The Labute approximate surface area is 124 Å². The van der Waals surface area contributed by atoms with Crippen molar-refractivity contribution in [2.24, 2.45) is 0 Å². The van der Waals surface area contributed by atoms with Crippen molar-refractivity contribution in [3.8, 4) is 0 Å². The Morgan fingerprint density at radius 2 is 1.95 bits per heavy atom. The molecule has 0 radical (unpaired) electrons. The number of hydrogen-bond donors (Lipinski definition) is 2. The molecule has 110 valence electrons. The number of benzene rings is 2. The molecule has 1 atom stereocenters. The normalized spacial score (nSPS) is 11.9. The second-order valence-corrected chi connectivity index (χ2v) is 5.09. The van der Waals surface area contributed by atoms with Crippen LogP contribution in [0.2, 0.25) is 0 Å². The Hall–Kier alpha value is -2.36. The van der Waals surface area contributed by atoms with E-state index < -0.39 is 0 Å². The van der Waals surface area contributed by atoms with Crippen molar-refractivity contribution in [3.63, 3.8) is 0 Å². The third-order valence-corrected chi connectivity index (χ3v) is 3.34. The van der Waals surface area contributed by atoms with Gasteiger partial charge in [-0.05, 0) is 48.7 Å². The van der Waals surface area contributed by atoms with Crippen molar-refractivity contribution in [1.29, 1.82) is 0 Å². The molecule has 21 heavy (non-hydrogen) atoms. The highest BCUT2D eigenvalue weighted by Crippen LogP contribution is 2.14. The number of aryl methyl sites for hydroxylation is 1. The van der Waals surface area contributed by atoms with Crippen LogP contribution in [0.25, 0.3) is 0 Å². The standard InChI is InChI=1S/C17H19FN2O/c1-12(14-6-8-15(18)9-7-14)20-17(21)10-5-13-3-2-4-16(19)11-13/h2-4,6-9,11-12H,5,10,19H2,1H3,(H,20,21)/t12-/m1/s1. The van der Waals surface area contributed by atoms with Crippen molar-refractivity contribution in [2.75, 3.05) is 5.73 Å². The molecule has 3 N–H and O–H groups in total. The van der Waals surface area contributed by atoms with E-state index in [0.717, 1.165) is 11.1 Å². The van der Waals surface area contributed by atoms with Gasteiger partial charge in [0.1, 0.15) is 5.82 Å². The number of anilines is 1. The molecular formula is C17H19FN2O. The Bertz CT molecular complexity index is 610. The summed E-state index contributed by atoms with van der Waals surface area (Å²) in [7, 11) is 0. The van der Waals surface area contributed by atoms with Gasteiger partial charge in [0.25, 0.3) is 0 Å². The van der Waals surface area contributed by atoms with Gasteiger partial charge in [0.15, 0.2) is 0 Å². The highest BCUT2D eigenvalue weighted by molar-refractivity contribution is 5.76. The van der Waals surface area contributed by atoms with Gasteiger partial charge >= 0.3 is 0 Å². The van der Waals surface area contributed by atoms with Crippen LogP contribution >= 0.6 is 0 Å². The second-order valence-electron chi connectivity index (χ2n) is 5.09. The number of hydrogen-bond acceptors (Lipinski definition) is 2. The first-order chi connectivity index (χ1) is 10.0. The van der Waals surface area contributed by atoms with Gasteiger partial charge in [-0.3, -0.25) is 4.79 Å². The Morgan fingerprint density at radius 3 is 2.62 bits per heavy atom. The average molecular weight is 286 g/mol. The molecule has 0 saturated heterocycles. The van der Waals surface area contributed by atoms with E-state index in [2.05, 4.69) is 5.32 Å². The lowest BCUT2D eigenvalue weighted by molar-refractivity contribution is -0.121. The molecule has 1 amide bonds. The van der Waals surface area contributed by atoms with Gasteiger partial charge in [-0.1, -0.05) is 24.3 Å². The van der Waals surface area contributed by atoms with Gasteiger partial charge in [0, 0.05) is 12.1 Å². The lowest BCUT2D eigenvalue weighted by atomic mass is 10.1. The molecule has 0 aliphatic rings. The van der Waals surface area contributed by atoms with E-state index in [-0.39, 0.29) is 17.8 Å². The van der Waals surface area contributed by atoms with Crippen LogP contribution in [0.4, 0.5) is 10.1 Å². The summed E-state index contributed by atoms with van der Waals surface area (Å²) in [5, 5.41) is 2.91. The van der Waals surface area contributed by atoms with E-state index in [1.54, 1.807) is 12.1 Å². The average Bonchev–Trinajstić information content (AvgIpc) is 2.46. The fourth-order valence-corrected chi connectivity index (χ4v) is 2.15.